The second-order valence-corrected chi connectivity index (χ2v) is 12.6. The van der Waals surface area contributed by atoms with Gasteiger partial charge in [0.2, 0.25) is 0 Å². The van der Waals surface area contributed by atoms with Crippen LogP contribution in [0.2, 0.25) is 0 Å². The molecule has 0 heterocycles. The number of unbranched alkanes of at least 4 members (excludes halogenated alkanes) is 2. The lowest BCUT2D eigenvalue weighted by Gasteiger charge is -2.39. The van der Waals surface area contributed by atoms with Crippen molar-refractivity contribution in [1.29, 1.82) is 0 Å². The smallest absolute Gasteiger partial charge is 0.333 e. The molecule has 0 aliphatic heterocycles. The highest BCUT2D eigenvalue weighted by atomic mass is 19.1. The van der Waals surface area contributed by atoms with Crippen molar-refractivity contribution in [3.05, 3.63) is 71.3 Å². The average molecular weight is 567 g/mol. The Bertz CT molecular complexity index is 1120. The summed E-state index contributed by atoms with van der Waals surface area (Å²) in [6.07, 6.45) is 13.0. The van der Waals surface area contributed by atoms with Crippen LogP contribution in [-0.4, -0.2) is 24.3 Å². The molecule has 0 spiro atoms. The van der Waals surface area contributed by atoms with Crippen LogP contribution in [-0.2, 0) is 16.0 Å². The van der Waals surface area contributed by atoms with Gasteiger partial charge in [-0.2, -0.15) is 0 Å². The van der Waals surface area contributed by atoms with Crippen LogP contribution in [0.1, 0.15) is 102 Å². The van der Waals surface area contributed by atoms with E-state index in [0.29, 0.717) is 29.4 Å². The van der Waals surface area contributed by atoms with Crippen molar-refractivity contribution in [2.24, 2.45) is 23.7 Å². The topological polar surface area (TPSA) is 46.5 Å². The van der Waals surface area contributed by atoms with Gasteiger partial charge < -0.3 is 9.84 Å². The first-order chi connectivity index (χ1) is 19.8. The van der Waals surface area contributed by atoms with Crippen LogP contribution in [0, 0.1) is 35.3 Å². The zero-order valence-corrected chi connectivity index (χ0v) is 25.0. The van der Waals surface area contributed by atoms with Crippen molar-refractivity contribution in [1.82, 2.24) is 0 Å². The van der Waals surface area contributed by atoms with Gasteiger partial charge in [0.05, 0.1) is 12.2 Å². The van der Waals surface area contributed by atoms with Crippen LogP contribution in [0.5, 0.6) is 0 Å². The maximum absolute atomic E-state index is 14.9. The number of benzene rings is 2. The molecule has 2 aliphatic carbocycles. The lowest BCUT2D eigenvalue weighted by molar-refractivity contribution is -0.141. The number of aryl methyl sites for hydroxylation is 1. The van der Waals surface area contributed by atoms with Crippen molar-refractivity contribution in [2.75, 3.05) is 13.2 Å². The quantitative estimate of drug-likeness (QED) is 0.158. The summed E-state index contributed by atoms with van der Waals surface area (Å²) >= 11 is 0. The second-order valence-electron chi connectivity index (χ2n) is 12.6. The van der Waals surface area contributed by atoms with Crippen LogP contribution in [0.3, 0.4) is 0 Å². The minimum Gasteiger partial charge on any atom is -0.462 e. The van der Waals surface area contributed by atoms with Gasteiger partial charge in [0, 0.05) is 18.1 Å². The lowest BCUT2D eigenvalue weighted by Crippen LogP contribution is -2.31. The van der Waals surface area contributed by atoms with E-state index in [1.165, 1.54) is 43.4 Å². The van der Waals surface area contributed by atoms with Crippen molar-refractivity contribution >= 4 is 5.97 Å². The summed E-state index contributed by atoms with van der Waals surface area (Å²) in [6.45, 7) is 7.71. The molecule has 2 fully saturated rings. The third kappa shape index (κ3) is 8.28. The molecule has 5 heteroatoms. The number of ether oxygens (including phenoxy) is 1. The van der Waals surface area contributed by atoms with Crippen molar-refractivity contribution in [3.63, 3.8) is 0 Å². The molecule has 1 N–H and O–H groups in total. The highest BCUT2D eigenvalue weighted by Gasteiger charge is 2.34. The first-order valence-corrected chi connectivity index (χ1v) is 15.8. The van der Waals surface area contributed by atoms with Crippen LogP contribution >= 0.6 is 0 Å². The summed E-state index contributed by atoms with van der Waals surface area (Å²) in [4.78, 5) is 11.8. The van der Waals surface area contributed by atoms with E-state index in [-0.39, 0.29) is 30.7 Å². The average Bonchev–Trinajstić information content (AvgIpc) is 2.98. The molecule has 41 heavy (non-hydrogen) atoms. The van der Waals surface area contributed by atoms with Crippen molar-refractivity contribution in [3.8, 4) is 11.1 Å². The Balaban J connectivity index is 1.26. The summed E-state index contributed by atoms with van der Waals surface area (Å²) in [6, 6.07) is 10.9. The highest BCUT2D eigenvalue weighted by molar-refractivity contribution is 5.86. The van der Waals surface area contributed by atoms with Gasteiger partial charge in [-0.25, -0.2) is 13.6 Å². The fourth-order valence-electron chi connectivity index (χ4n) is 7.20. The molecule has 0 saturated heterocycles. The fourth-order valence-corrected chi connectivity index (χ4v) is 7.20. The third-order valence-corrected chi connectivity index (χ3v) is 9.77. The molecule has 2 saturated carbocycles. The number of carbonyl (C=O) groups excluding carboxylic acids is 1. The Morgan fingerprint density at radius 2 is 1.54 bits per heavy atom. The van der Waals surface area contributed by atoms with E-state index in [4.69, 9.17) is 4.74 Å². The van der Waals surface area contributed by atoms with E-state index in [1.807, 2.05) is 12.1 Å². The molecule has 1 atom stereocenters. The summed E-state index contributed by atoms with van der Waals surface area (Å²) in [7, 11) is 0. The highest BCUT2D eigenvalue weighted by Crippen LogP contribution is 2.45. The third-order valence-electron chi connectivity index (χ3n) is 9.77. The van der Waals surface area contributed by atoms with E-state index in [9.17, 15) is 18.7 Å². The molecule has 0 aromatic heterocycles. The Morgan fingerprint density at radius 1 is 0.951 bits per heavy atom. The molecule has 2 aromatic carbocycles. The summed E-state index contributed by atoms with van der Waals surface area (Å²) in [5.74, 6) is 1.03. The van der Waals surface area contributed by atoms with E-state index >= 15 is 0 Å². The molecule has 0 radical (unpaired) electrons. The molecular weight excluding hydrogens is 518 g/mol. The SMILES string of the molecule is C=C(C)C(=O)OCC(CO)C1CCC(C2CCC(c3ccc(-c4c(F)cc(CCCCC)cc4F)cc3)CC2)CC1. The maximum atomic E-state index is 14.9. The van der Waals surface area contributed by atoms with E-state index in [2.05, 4.69) is 25.6 Å². The molecule has 224 valence electrons. The van der Waals surface area contributed by atoms with Crippen LogP contribution in [0.25, 0.3) is 11.1 Å². The van der Waals surface area contributed by atoms with Gasteiger partial charge in [-0.3, -0.25) is 0 Å². The summed E-state index contributed by atoms with van der Waals surface area (Å²) < 4.78 is 35.1. The Labute approximate surface area is 245 Å². The van der Waals surface area contributed by atoms with Gasteiger partial charge in [0.1, 0.15) is 11.6 Å². The fraction of sp³-hybridized carbons (Fsp3) is 0.583. The second kappa shape index (κ2) is 15.1. The summed E-state index contributed by atoms with van der Waals surface area (Å²) in [5, 5.41) is 9.89. The minimum atomic E-state index is -0.474. The number of hydrogen-bond donors (Lipinski definition) is 1. The van der Waals surface area contributed by atoms with Gasteiger partial charge >= 0.3 is 5.97 Å². The van der Waals surface area contributed by atoms with Crippen molar-refractivity contribution < 1.29 is 23.4 Å². The molecule has 0 bridgehead atoms. The molecule has 0 amide bonds. The van der Waals surface area contributed by atoms with Crippen molar-refractivity contribution in [2.45, 2.75) is 96.8 Å². The van der Waals surface area contributed by atoms with E-state index in [1.54, 1.807) is 6.92 Å². The Hall–Kier alpha value is -2.53. The molecule has 3 nitrogen and oxygen atoms in total. The normalized spacial score (nSPS) is 23.6. The predicted octanol–water partition coefficient (Wildman–Crippen LogP) is 9.17. The largest absolute Gasteiger partial charge is 0.462 e. The Kier molecular flexibility index (Phi) is 11.6. The number of esters is 1. The van der Waals surface area contributed by atoms with Crippen LogP contribution in [0.15, 0.2) is 48.6 Å². The minimum absolute atomic E-state index is 0.00337. The van der Waals surface area contributed by atoms with Gasteiger partial charge in [0.25, 0.3) is 0 Å². The zero-order valence-electron chi connectivity index (χ0n) is 25.0. The first kappa shape index (κ1) is 31.4. The summed E-state index contributed by atoms with van der Waals surface area (Å²) in [5.41, 5.74) is 3.07. The number of carbonyl (C=O) groups is 1. The van der Waals surface area contributed by atoms with Gasteiger partial charge in [0.15, 0.2) is 0 Å². The van der Waals surface area contributed by atoms with E-state index in [0.717, 1.165) is 62.3 Å². The molecule has 2 aromatic rings. The van der Waals surface area contributed by atoms with Gasteiger partial charge in [-0.15, -0.1) is 0 Å². The first-order valence-electron chi connectivity index (χ1n) is 15.8. The number of aliphatic hydroxyl groups excluding tert-OH is 1. The number of hydrogen-bond acceptors (Lipinski definition) is 3. The van der Waals surface area contributed by atoms with Crippen LogP contribution < -0.4 is 0 Å². The van der Waals surface area contributed by atoms with E-state index < -0.39 is 11.6 Å². The molecular formula is C36H48F2O3. The Morgan fingerprint density at radius 3 is 2.07 bits per heavy atom. The maximum Gasteiger partial charge on any atom is 0.333 e. The molecule has 4 rings (SSSR count). The molecule has 1 unspecified atom stereocenters. The van der Waals surface area contributed by atoms with Gasteiger partial charge in [-0.05, 0) is 124 Å². The lowest BCUT2D eigenvalue weighted by atomic mass is 9.67. The number of halogens is 2. The van der Waals surface area contributed by atoms with Crippen LogP contribution in [0.4, 0.5) is 8.78 Å². The standard InChI is InChI=1S/C36H48F2O3/c1-4-5-6-7-25-20-33(37)35(34(38)21-25)31-18-16-29(17-19-31)27-10-8-26(9-11-27)28-12-14-30(15-13-28)32(22-39)23-41-36(40)24(2)3/h16-21,26-28,30,32,39H,2,4-15,22-23H2,1,3H3. The zero-order chi connectivity index (χ0) is 29.4. The van der Waals surface area contributed by atoms with Gasteiger partial charge in [-0.1, -0.05) is 50.6 Å². The molecule has 2 aliphatic rings. The monoisotopic (exact) mass is 566 g/mol. The predicted molar refractivity (Wildman–Crippen MR) is 162 cm³/mol. The number of rotatable bonds is 12. The number of aliphatic hydroxyl groups is 1.